The number of halogens is 1. The van der Waals surface area contributed by atoms with Gasteiger partial charge in [0.05, 0.1) is 12.4 Å². The molecule has 0 aliphatic heterocycles. The van der Waals surface area contributed by atoms with Crippen LogP contribution in [0.5, 0.6) is 0 Å². The van der Waals surface area contributed by atoms with Crippen molar-refractivity contribution in [1.29, 1.82) is 0 Å². The lowest BCUT2D eigenvalue weighted by atomic mass is 9.95. The highest BCUT2D eigenvalue weighted by Gasteiger charge is 2.38. The van der Waals surface area contributed by atoms with Crippen molar-refractivity contribution in [1.82, 2.24) is 28.9 Å². The van der Waals surface area contributed by atoms with Crippen LogP contribution < -0.4 is 11.3 Å². The number of alkyl halides is 1. The molecule has 10 heteroatoms. The van der Waals surface area contributed by atoms with E-state index in [1.54, 1.807) is 11.6 Å². The Kier molecular flexibility index (Phi) is 4.57. The molecule has 4 aromatic rings. The smallest absolute Gasteiger partial charge is 0.390 e. The molecule has 0 unspecified atom stereocenters. The van der Waals surface area contributed by atoms with Crippen LogP contribution in [0.1, 0.15) is 41.8 Å². The van der Waals surface area contributed by atoms with Crippen LogP contribution in [-0.4, -0.2) is 35.1 Å². The molecule has 160 valence electrons. The average molecular weight is 424 g/mol. The molecule has 31 heavy (non-hydrogen) atoms. The molecule has 1 aliphatic rings. The molecule has 0 N–H and O–H groups in total. The molecule has 1 aliphatic carbocycles. The third kappa shape index (κ3) is 3.37. The Balaban J connectivity index is 1.40. The minimum absolute atomic E-state index is 0.0532. The third-order valence-electron chi connectivity index (χ3n) is 5.93. The largest absolute Gasteiger partial charge is 0.437 e. The van der Waals surface area contributed by atoms with E-state index in [0.29, 0.717) is 17.6 Å². The lowest BCUT2D eigenvalue weighted by molar-refractivity contribution is 0.302. The Labute approximate surface area is 175 Å². The maximum Gasteiger partial charge on any atom is 0.437 e. The van der Waals surface area contributed by atoms with Crippen molar-refractivity contribution in [3.05, 3.63) is 74.8 Å². The first-order valence-electron chi connectivity index (χ1n) is 10.1. The molecule has 5 rings (SSSR count). The first-order chi connectivity index (χ1) is 14.9. The van der Waals surface area contributed by atoms with E-state index in [1.165, 1.54) is 21.9 Å². The highest BCUT2D eigenvalue weighted by atomic mass is 19.1. The van der Waals surface area contributed by atoms with E-state index >= 15 is 0 Å². The molecular formula is C21H21FN6O3. The van der Waals surface area contributed by atoms with Gasteiger partial charge in [-0.1, -0.05) is 29.8 Å². The van der Waals surface area contributed by atoms with Crippen LogP contribution in [0.4, 0.5) is 4.39 Å². The summed E-state index contributed by atoms with van der Waals surface area (Å²) >= 11 is 0. The molecule has 3 aromatic heterocycles. The van der Waals surface area contributed by atoms with Gasteiger partial charge in [-0.15, -0.1) is 5.10 Å². The van der Waals surface area contributed by atoms with Crippen molar-refractivity contribution in [2.45, 2.75) is 44.4 Å². The fraction of sp³-hybridized carbons (Fsp3) is 0.381. The number of aryl methyl sites for hydroxylation is 2. The summed E-state index contributed by atoms with van der Waals surface area (Å²) in [7, 11) is 1.70. The molecule has 1 fully saturated rings. The molecule has 0 radical (unpaired) electrons. The predicted molar refractivity (Wildman–Crippen MR) is 110 cm³/mol. The van der Waals surface area contributed by atoms with Crippen molar-refractivity contribution < 1.29 is 8.81 Å². The summed E-state index contributed by atoms with van der Waals surface area (Å²) in [4.78, 5) is 33.3. The van der Waals surface area contributed by atoms with Gasteiger partial charge in [0.1, 0.15) is 19.0 Å². The highest BCUT2D eigenvalue weighted by molar-refractivity contribution is 5.68. The topological polar surface area (TPSA) is 101 Å². The number of rotatable bonds is 4. The van der Waals surface area contributed by atoms with E-state index in [0.717, 1.165) is 11.1 Å². The number of aromatic nitrogens is 6. The van der Waals surface area contributed by atoms with Gasteiger partial charge in [0.2, 0.25) is 5.89 Å². The molecule has 3 atom stereocenters. The van der Waals surface area contributed by atoms with E-state index in [-0.39, 0.29) is 30.3 Å². The average Bonchev–Trinajstić information content (AvgIpc) is 3.42. The standard InChI is InChI=1S/C21H21FN6O3/c1-12-3-5-13(6-4-12)15-7-14(8-16(15)22)28-21(30)31-17(25-28)9-27-11-24-19-18(20(27)29)26(2)10-23-19/h3-6,10-11,14-16H,7-9H2,1-2H3/t14-,15+,16+/m0/s1. The Bertz CT molecular complexity index is 1370. The predicted octanol–water partition coefficient (Wildman–Crippen LogP) is 2.09. The summed E-state index contributed by atoms with van der Waals surface area (Å²) in [5, 5.41) is 4.26. The first-order valence-corrected chi connectivity index (χ1v) is 10.1. The summed E-state index contributed by atoms with van der Waals surface area (Å²) in [6, 6.07) is 7.38. The minimum Gasteiger partial charge on any atom is -0.390 e. The van der Waals surface area contributed by atoms with E-state index in [1.807, 2.05) is 31.2 Å². The Hall–Kier alpha value is -3.56. The fourth-order valence-electron chi connectivity index (χ4n) is 4.27. The number of fused-ring (bicyclic) bond motifs is 1. The van der Waals surface area contributed by atoms with Gasteiger partial charge < -0.3 is 8.98 Å². The van der Waals surface area contributed by atoms with Crippen molar-refractivity contribution >= 4 is 11.2 Å². The summed E-state index contributed by atoms with van der Waals surface area (Å²) in [6.45, 7) is 1.93. The van der Waals surface area contributed by atoms with Crippen molar-refractivity contribution in [2.24, 2.45) is 7.05 Å². The zero-order valence-corrected chi connectivity index (χ0v) is 17.1. The summed E-state index contributed by atoms with van der Waals surface area (Å²) < 4.78 is 24.1. The molecule has 3 heterocycles. The number of benzene rings is 1. The number of hydrogen-bond acceptors (Lipinski definition) is 6. The van der Waals surface area contributed by atoms with Crippen LogP contribution in [0, 0.1) is 6.92 Å². The number of nitrogens with zero attached hydrogens (tertiary/aromatic N) is 6. The first kappa shape index (κ1) is 19.4. The van der Waals surface area contributed by atoms with Gasteiger partial charge in [-0.3, -0.25) is 9.36 Å². The summed E-state index contributed by atoms with van der Waals surface area (Å²) in [5.41, 5.74) is 2.41. The van der Waals surface area contributed by atoms with Gasteiger partial charge in [-0.25, -0.2) is 19.2 Å². The van der Waals surface area contributed by atoms with E-state index in [4.69, 9.17) is 4.42 Å². The maximum atomic E-state index is 14.8. The summed E-state index contributed by atoms with van der Waals surface area (Å²) in [5.74, 6) is -0.874. The van der Waals surface area contributed by atoms with Gasteiger partial charge in [0.25, 0.3) is 5.56 Å². The number of hydrogen-bond donors (Lipinski definition) is 0. The van der Waals surface area contributed by atoms with Crippen LogP contribution in [0.25, 0.3) is 11.2 Å². The fourth-order valence-corrected chi connectivity index (χ4v) is 4.27. The number of imidazole rings is 1. The molecule has 9 nitrogen and oxygen atoms in total. The SMILES string of the molecule is Cc1ccc([C@H]2C[C@H](n3nc(Cn4cnc5ncn(C)c5c4=O)oc3=O)C[C@H]2F)cc1. The van der Waals surface area contributed by atoms with Crippen molar-refractivity contribution in [3.8, 4) is 0 Å². The second-order valence-electron chi connectivity index (χ2n) is 8.07. The lowest BCUT2D eigenvalue weighted by Crippen LogP contribution is -2.23. The Morgan fingerprint density at radius 2 is 1.87 bits per heavy atom. The molecule has 0 amide bonds. The van der Waals surface area contributed by atoms with E-state index in [2.05, 4.69) is 15.1 Å². The van der Waals surface area contributed by atoms with Crippen LogP contribution >= 0.6 is 0 Å². The molecule has 0 spiro atoms. The zero-order valence-electron chi connectivity index (χ0n) is 17.1. The third-order valence-corrected chi connectivity index (χ3v) is 5.93. The van der Waals surface area contributed by atoms with Crippen LogP contribution in [-0.2, 0) is 13.6 Å². The zero-order chi connectivity index (χ0) is 21.7. The monoisotopic (exact) mass is 424 g/mol. The second-order valence-corrected chi connectivity index (χ2v) is 8.07. The molecule has 1 saturated carbocycles. The van der Waals surface area contributed by atoms with E-state index in [9.17, 15) is 14.0 Å². The van der Waals surface area contributed by atoms with Gasteiger partial charge >= 0.3 is 5.76 Å². The maximum absolute atomic E-state index is 14.8. The quantitative estimate of drug-likeness (QED) is 0.497. The normalized spacial score (nSPS) is 21.2. The second kappa shape index (κ2) is 7.29. The van der Waals surface area contributed by atoms with Gasteiger partial charge in [0.15, 0.2) is 11.2 Å². The molecule has 0 saturated heterocycles. The minimum atomic E-state index is -1.07. The summed E-state index contributed by atoms with van der Waals surface area (Å²) in [6.07, 6.45) is 2.43. The van der Waals surface area contributed by atoms with Crippen molar-refractivity contribution in [2.75, 3.05) is 0 Å². The Morgan fingerprint density at radius 1 is 1.13 bits per heavy atom. The van der Waals surface area contributed by atoms with Crippen LogP contribution in [0.15, 0.2) is 50.9 Å². The van der Waals surface area contributed by atoms with Gasteiger partial charge in [-0.2, -0.15) is 4.68 Å². The van der Waals surface area contributed by atoms with E-state index < -0.39 is 18.0 Å². The van der Waals surface area contributed by atoms with Crippen LogP contribution in [0.2, 0.25) is 0 Å². The van der Waals surface area contributed by atoms with Crippen molar-refractivity contribution in [3.63, 3.8) is 0 Å². The van der Waals surface area contributed by atoms with Gasteiger partial charge in [-0.05, 0) is 18.9 Å². The Morgan fingerprint density at radius 3 is 2.65 bits per heavy atom. The van der Waals surface area contributed by atoms with Crippen LogP contribution in [0.3, 0.4) is 0 Å². The highest BCUT2D eigenvalue weighted by Crippen LogP contribution is 2.42. The van der Waals surface area contributed by atoms with Gasteiger partial charge in [0, 0.05) is 19.4 Å². The molecule has 1 aromatic carbocycles. The molecular weight excluding hydrogens is 403 g/mol. The lowest BCUT2D eigenvalue weighted by Gasteiger charge is -2.13. The molecule has 0 bridgehead atoms.